The lowest BCUT2D eigenvalue weighted by Gasteiger charge is -2.13. The van der Waals surface area contributed by atoms with E-state index in [0.29, 0.717) is 45.7 Å². The second-order valence-corrected chi connectivity index (χ2v) is 8.75. The van der Waals surface area contributed by atoms with Crippen LogP contribution >= 0.6 is 15.9 Å². The second-order valence-electron chi connectivity index (χ2n) is 7.90. The molecule has 1 heterocycles. The van der Waals surface area contributed by atoms with E-state index in [1.165, 1.54) is 0 Å². The zero-order valence-electron chi connectivity index (χ0n) is 18.1. The van der Waals surface area contributed by atoms with Crippen LogP contribution in [0.1, 0.15) is 61.8 Å². The van der Waals surface area contributed by atoms with Gasteiger partial charge in [-0.05, 0) is 84.9 Å². The molecule has 6 nitrogen and oxygen atoms in total. The van der Waals surface area contributed by atoms with Gasteiger partial charge in [-0.3, -0.25) is 4.79 Å². The first-order valence-corrected chi connectivity index (χ1v) is 11.2. The van der Waals surface area contributed by atoms with Gasteiger partial charge in [-0.1, -0.05) is 18.2 Å². The highest BCUT2D eigenvalue weighted by atomic mass is 79.9. The van der Waals surface area contributed by atoms with E-state index in [0.717, 1.165) is 23.1 Å². The number of carbonyl (C=O) groups excluding carboxylic acids is 2. The van der Waals surface area contributed by atoms with Crippen molar-refractivity contribution in [3.05, 3.63) is 86.3 Å². The van der Waals surface area contributed by atoms with E-state index < -0.39 is 5.97 Å². The maximum Gasteiger partial charge on any atom is 0.379 e. The van der Waals surface area contributed by atoms with Gasteiger partial charge in [0.1, 0.15) is 11.5 Å². The highest BCUT2D eigenvalue weighted by Gasteiger charge is 2.29. The number of hydrogen-bond donors (Lipinski definition) is 1. The summed E-state index contributed by atoms with van der Waals surface area (Å²) in [7, 11) is 0. The molecule has 32 heavy (non-hydrogen) atoms. The number of aryl methyl sites for hydroxylation is 3. The van der Waals surface area contributed by atoms with Gasteiger partial charge in [-0.2, -0.15) is 5.10 Å². The minimum Gasteiger partial charge on any atom is -0.453 e. The SMILES string of the molecule is Cc1cc(C)cc(OC(=O)c2oc3c(c2C)/C(=N/NC(=O)c2ccccc2Br)CCC3)c1. The van der Waals surface area contributed by atoms with Crippen LogP contribution in [0.3, 0.4) is 0 Å². The molecule has 1 aliphatic rings. The van der Waals surface area contributed by atoms with Crippen LogP contribution < -0.4 is 10.2 Å². The van der Waals surface area contributed by atoms with Gasteiger partial charge in [-0.15, -0.1) is 0 Å². The van der Waals surface area contributed by atoms with E-state index in [9.17, 15) is 9.59 Å². The van der Waals surface area contributed by atoms with Crippen LogP contribution in [0.25, 0.3) is 0 Å². The van der Waals surface area contributed by atoms with Crippen LogP contribution in [0.5, 0.6) is 5.75 Å². The first-order chi connectivity index (χ1) is 15.3. The summed E-state index contributed by atoms with van der Waals surface area (Å²) < 4.78 is 12.2. The molecule has 0 radical (unpaired) electrons. The Morgan fingerprint density at radius 2 is 1.78 bits per heavy atom. The summed E-state index contributed by atoms with van der Waals surface area (Å²) >= 11 is 3.38. The van der Waals surface area contributed by atoms with Gasteiger partial charge in [0.15, 0.2) is 0 Å². The molecule has 0 atom stereocenters. The van der Waals surface area contributed by atoms with Crippen molar-refractivity contribution in [3.63, 3.8) is 0 Å². The zero-order chi connectivity index (χ0) is 22.8. The summed E-state index contributed by atoms with van der Waals surface area (Å²) in [5, 5.41) is 4.37. The Hall–Kier alpha value is -3.19. The molecule has 1 N–H and O–H groups in total. The standard InChI is InChI=1S/C25H23BrN2O4/c1-14-11-15(2)13-17(12-14)31-25(30)23-16(3)22-20(9-6-10-21(22)32-23)27-28-24(29)18-7-4-5-8-19(18)26/h4-5,7-8,11-13H,6,9-10H2,1-3H3,(H,28,29)/b27-20+. The Bertz CT molecular complexity index is 1220. The monoisotopic (exact) mass is 494 g/mol. The highest BCUT2D eigenvalue weighted by Crippen LogP contribution is 2.31. The lowest BCUT2D eigenvalue weighted by Crippen LogP contribution is -2.22. The number of halogens is 1. The van der Waals surface area contributed by atoms with Crippen LogP contribution in [0.2, 0.25) is 0 Å². The molecule has 0 bridgehead atoms. The summed E-state index contributed by atoms with van der Waals surface area (Å²) in [6, 6.07) is 12.8. The average molecular weight is 495 g/mol. The van der Waals surface area contributed by atoms with Crippen LogP contribution in [0, 0.1) is 20.8 Å². The Morgan fingerprint density at radius 3 is 2.50 bits per heavy atom. The number of benzene rings is 2. The number of hydrogen-bond acceptors (Lipinski definition) is 5. The van der Waals surface area contributed by atoms with E-state index in [4.69, 9.17) is 9.15 Å². The van der Waals surface area contributed by atoms with Crippen LogP contribution in [0.4, 0.5) is 0 Å². The maximum atomic E-state index is 12.8. The third-order valence-electron chi connectivity index (χ3n) is 5.33. The molecule has 0 spiro atoms. The summed E-state index contributed by atoms with van der Waals surface area (Å²) in [5.41, 5.74) is 7.29. The molecular formula is C25H23BrN2O4. The average Bonchev–Trinajstić information content (AvgIpc) is 3.09. The lowest BCUT2D eigenvalue weighted by atomic mass is 9.93. The van der Waals surface area contributed by atoms with Crippen molar-refractivity contribution in [2.75, 3.05) is 0 Å². The van der Waals surface area contributed by atoms with E-state index in [1.54, 1.807) is 18.2 Å². The van der Waals surface area contributed by atoms with Crippen molar-refractivity contribution >= 4 is 33.5 Å². The number of furan rings is 1. The number of hydrazone groups is 1. The third-order valence-corrected chi connectivity index (χ3v) is 6.02. The fourth-order valence-corrected chi connectivity index (χ4v) is 4.41. The number of ether oxygens (including phenoxy) is 1. The molecule has 7 heteroatoms. The van der Waals surface area contributed by atoms with Crippen molar-refractivity contribution in [2.45, 2.75) is 40.0 Å². The Labute approximate surface area is 194 Å². The van der Waals surface area contributed by atoms with E-state index in [2.05, 4.69) is 26.5 Å². The van der Waals surface area contributed by atoms with Gasteiger partial charge in [-0.25, -0.2) is 10.2 Å². The number of esters is 1. The van der Waals surface area contributed by atoms with Crippen molar-refractivity contribution < 1.29 is 18.7 Å². The Kier molecular flexibility index (Phi) is 6.28. The van der Waals surface area contributed by atoms with Crippen molar-refractivity contribution in [2.24, 2.45) is 5.10 Å². The van der Waals surface area contributed by atoms with E-state index in [1.807, 2.05) is 45.0 Å². The van der Waals surface area contributed by atoms with Crippen LogP contribution in [-0.2, 0) is 6.42 Å². The van der Waals surface area contributed by atoms with Gasteiger partial charge in [0, 0.05) is 22.0 Å². The molecule has 0 unspecified atom stereocenters. The molecule has 4 rings (SSSR count). The number of amides is 1. The highest BCUT2D eigenvalue weighted by molar-refractivity contribution is 9.10. The molecule has 1 aliphatic carbocycles. The second kappa shape index (κ2) is 9.12. The van der Waals surface area contributed by atoms with Gasteiger partial charge < -0.3 is 9.15 Å². The minimum atomic E-state index is -0.543. The first kappa shape index (κ1) is 22.0. The molecule has 3 aromatic rings. The van der Waals surface area contributed by atoms with Gasteiger partial charge in [0.2, 0.25) is 5.76 Å². The van der Waals surface area contributed by atoms with Crippen LogP contribution in [0.15, 0.2) is 56.5 Å². The topological polar surface area (TPSA) is 80.9 Å². The fourth-order valence-electron chi connectivity index (χ4n) is 3.94. The number of fused-ring (bicyclic) bond motifs is 1. The maximum absolute atomic E-state index is 12.8. The van der Waals surface area contributed by atoms with Crippen molar-refractivity contribution in [3.8, 4) is 5.75 Å². The van der Waals surface area contributed by atoms with Crippen molar-refractivity contribution in [1.29, 1.82) is 0 Å². The Balaban J connectivity index is 1.58. The van der Waals surface area contributed by atoms with Gasteiger partial charge in [0.05, 0.1) is 11.3 Å². The molecule has 2 aromatic carbocycles. The van der Waals surface area contributed by atoms with Crippen LogP contribution in [-0.4, -0.2) is 17.6 Å². The molecule has 164 valence electrons. The number of nitrogens with zero attached hydrogens (tertiary/aromatic N) is 1. The molecule has 1 amide bonds. The Morgan fingerprint density at radius 1 is 1.06 bits per heavy atom. The quantitative estimate of drug-likeness (QED) is 0.288. The molecule has 0 fully saturated rings. The van der Waals surface area contributed by atoms with Crippen molar-refractivity contribution in [1.82, 2.24) is 5.43 Å². The molecule has 0 saturated carbocycles. The summed E-state index contributed by atoms with van der Waals surface area (Å²) in [6.07, 6.45) is 2.19. The predicted octanol–water partition coefficient (Wildman–Crippen LogP) is 5.66. The predicted molar refractivity (Wildman–Crippen MR) is 125 cm³/mol. The zero-order valence-corrected chi connectivity index (χ0v) is 19.7. The normalized spacial score (nSPS) is 14.2. The summed E-state index contributed by atoms with van der Waals surface area (Å²) in [4.78, 5) is 25.4. The minimum absolute atomic E-state index is 0.167. The van der Waals surface area contributed by atoms with Gasteiger partial charge >= 0.3 is 5.97 Å². The molecular weight excluding hydrogens is 472 g/mol. The van der Waals surface area contributed by atoms with E-state index in [-0.39, 0.29) is 11.7 Å². The number of nitrogens with one attached hydrogen (secondary N) is 1. The fraction of sp³-hybridized carbons (Fsp3) is 0.240. The molecule has 0 saturated heterocycles. The largest absolute Gasteiger partial charge is 0.453 e. The smallest absolute Gasteiger partial charge is 0.379 e. The first-order valence-electron chi connectivity index (χ1n) is 10.4. The van der Waals surface area contributed by atoms with Gasteiger partial charge in [0.25, 0.3) is 5.91 Å². The number of carbonyl (C=O) groups is 2. The summed E-state index contributed by atoms with van der Waals surface area (Å²) in [6.45, 7) is 5.72. The third kappa shape index (κ3) is 4.53. The number of rotatable bonds is 4. The van der Waals surface area contributed by atoms with E-state index >= 15 is 0 Å². The molecule has 0 aliphatic heterocycles. The lowest BCUT2D eigenvalue weighted by molar-refractivity contribution is 0.0698. The molecule has 1 aromatic heterocycles. The summed E-state index contributed by atoms with van der Waals surface area (Å²) in [5.74, 6) is 0.484.